The molecular formula is C10H9F3N4. The van der Waals surface area contributed by atoms with Gasteiger partial charge in [-0.1, -0.05) is 0 Å². The molecule has 4 nitrogen and oxygen atoms in total. The van der Waals surface area contributed by atoms with Gasteiger partial charge in [0.25, 0.3) is 0 Å². The molecule has 90 valence electrons. The van der Waals surface area contributed by atoms with Crippen molar-refractivity contribution >= 4 is 5.69 Å². The highest BCUT2D eigenvalue weighted by atomic mass is 19.4. The van der Waals surface area contributed by atoms with Crippen LogP contribution in [0, 0.1) is 0 Å². The molecule has 7 heteroatoms. The molecule has 0 spiro atoms. The third kappa shape index (κ3) is 1.95. The van der Waals surface area contributed by atoms with Gasteiger partial charge in [-0.3, -0.25) is 9.67 Å². The van der Waals surface area contributed by atoms with Crippen molar-refractivity contribution in [3.8, 4) is 11.3 Å². The van der Waals surface area contributed by atoms with Gasteiger partial charge in [0.1, 0.15) is 0 Å². The number of aromatic nitrogens is 3. The fraction of sp³-hybridized carbons (Fsp3) is 0.200. The van der Waals surface area contributed by atoms with E-state index in [0.29, 0.717) is 0 Å². The first kappa shape index (κ1) is 11.4. The Labute approximate surface area is 94.9 Å². The molecule has 0 atom stereocenters. The van der Waals surface area contributed by atoms with Crippen molar-refractivity contribution in [1.29, 1.82) is 0 Å². The van der Waals surface area contributed by atoms with Crippen LogP contribution in [0.25, 0.3) is 11.3 Å². The van der Waals surface area contributed by atoms with Crippen LogP contribution in [0.15, 0.2) is 24.7 Å². The van der Waals surface area contributed by atoms with E-state index in [0.717, 1.165) is 18.5 Å². The first-order chi connectivity index (χ1) is 7.91. The lowest BCUT2D eigenvalue weighted by Gasteiger charge is -2.12. The number of anilines is 1. The summed E-state index contributed by atoms with van der Waals surface area (Å²) in [6.45, 7) is 0. The Hall–Kier alpha value is -2.05. The molecule has 0 unspecified atom stereocenters. The highest BCUT2D eigenvalue weighted by Gasteiger charge is 2.34. The van der Waals surface area contributed by atoms with Gasteiger partial charge < -0.3 is 5.73 Å². The van der Waals surface area contributed by atoms with Crippen molar-refractivity contribution in [3.63, 3.8) is 0 Å². The fourth-order valence-electron chi connectivity index (χ4n) is 1.61. The minimum atomic E-state index is -4.45. The van der Waals surface area contributed by atoms with Crippen LogP contribution in [-0.4, -0.2) is 14.8 Å². The largest absolute Gasteiger partial charge is 0.417 e. The van der Waals surface area contributed by atoms with E-state index in [1.165, 1.54) is 17.9 Å². The average molecular weight is 242 g/mol. The Morgan fingerprint density at radius 3 is 2.53 bits per heavy atom. The number of alkyl halides is 3. The van der Waals surface area contributed by atoms with E-state index in [1.54, 1.807) is 0 Å². The smallest absolute Gasteiger partial charge is 0.396 e. The number of hydrogen-bond donors (Lipinski definition) is 1. The Bertz CT molecular complexity index is 525. The zero-order chi connectivity index (χ0) is 12.6. The second kappa shape index (κ2) is 3.76. The molecule has 0 aromatic carbocycles. The Balaban J connectivity index is 2.69. The van der Waals surface area contributed by atoms with Gasteiger partial charge >= 0.3 is 6.18 Å². The fourth-order valence-corrected chi connectivity index (χ4v) is 1.61. The molecule has 0 aliphatic carbocycles. The summed E-state index contributed by atoms with van der Waals surface area (Å²) in [6, 6.07) is 0.918. The van der Waals surface area contributed by atoms with Gasteiger partial charge in [-0.05, 0) is 6.07 Å². The predicted octanol–water partition coefficient (Wildman–Crippen LogP) is 2.08. The zero-order valence-corrected chi connectivity index (χ0v) is 8.86. The molecule has 2 aromatic rings. The summed E-state index contributed by atoms with van der Waals surface area (Å²) in [7, 11) is 1.53. The lowest BCUT2D eigenvalue weighted by Crippen LogP contribution is -2.09. The van der Waals surface area contributed by atoms with Gasteiger partial charge in [0.15, 0.2) is 0 Å². The summed E-state index contributed by atoms with van der Waals surface area (Å²) in [6.07, 6.45) is -0.910. The van der Waals surface area contributed by atoms with Gasteiger partial charge in [-0.25, -0.2) is 0 Å². The van der Waals surface area contributed by atoms with E-state index in [2.05, 4.69) is 10.1 Å². The van der Waals surface area contributed by atoms with Crippen molar-refractivity contribution in [1.82, 2.24) is 14.8 Å². The zero-order valence-electron chi connectivity index (χ0n) is 8.86. The summed E-state index contributed by atoms with van der Waals surface area (Å²) >= 11 is 0. The van der Waals surface area contributed by atoms with Crippen molar-refractivity contribution < 1.29 is 13.2 Å². The SMILES string of the molecule is Cn1ncc(N)c1-c1cnccc1C(F)(F)F. The van der Waals surface area contributed by atoms with Crippen LogP contribution >= 0.6 is 0 Å². The molecule has 2 heterocycles. The van der Waals surface area contributed by atoms with E-state index in [9.17, 15) is 13.2 Å². The number of aryl methyl sites for hydroxylation is 1. The van der Waals surface area contributed by atoms with Crippen LogP contribution in [0.3, 0.4) is 0 Å². The quantitative estimate of drug-likeness (QED) is 0.832. The summed E-state index contributed by atoms with van der Waals surface area (Å²) in [4.78, 5) is 3.70. The normalized spacial score (nSPS) is 11.8. The maximum atomic E-state index is 12.8. The minimum Gasteiger partial charge on any atom is -0.396 e. The number of hydrogen-bond acceptors (Lipinski definition) is 3. The van der Waals surface area contributed by atoms with Gasteiger partial charge in [-0.2, -0.15) is 18.3 Å². The molecule has 0 aliphatic heterocycles. The molecule has 0 saturated carbocycles. The Morgan fingerprint density at radius 2 is 2.00 bits per heavy atom. The first-order valence-electron chi connectivity index (χ1n) is 4.70. The van der Waals surface area contributed by atoms with Crippen molar-refractivity contribution in [2.75, 3.05) is 5.73 Å². The molecule has 0 radical (unpaired) electrons. The third-order valence-electron chi connectivity index (χ3n) is 2.35. The van der Waals surface area contributed by atoms with E-state index in [1.807, 2.05) is 0 Å². The van der Waals surface area contributed by atoms with Crippen molar-refractivity contribution in [2.24, 2.45) is 7.05 Å². The molecule has 2 rings (SSSR count). The van der Waals surface area contributed by atoms with Crippen LogP contribution in [-0.2, 0) is 13.2 Å². The number of halogens is 3. The average Bonchev–Trinajstić information content (AvgIpc) is 2.57. The molecule has 2 aromatic heterocycles. The van der Waals surface area contributed by atoms with Gasteiger partial charge in [0, 0.05) is 25.0 Å². The van der Waals surface area contributed by atoms with Gasteiger partial charge in [0.05, 0.1) is 23.1 Å². The Morgan fingerprint density at radius 1 is 1.29 bits per heavy atom. The van der Waals surface area contributed by atoms with Crippen molar-refractivity contribution in [2.45, 2.75) is 6.18 Å². The summed E-state index contributed by atoms with van der Waals surface area (Å²) in [5.74, 6) is 0. The first-order valence-corrected chi connectivity index (χ1v) is 4.70. The van der Waals surface area contributed by atoms with Gasteiger partial charge in [-0.15, -0.1) is 0 Å². The molecule has 0 saturated heterocycles. The highest BCUT2D eigenvalue weighted by Crippen LogP contribution is 2.37. The van der Waals surface area contributed by atoms with Crippen LogP contribution in [0.2, 0.25) is 0 Å². The predicted molar refractivity (Wildman–Crippen MR) is 55.9 cm³/mol. The molecular weight excluding hydrogens is 233 g/mol. The number of pyridine rings is 1. The topological polar surface area (TPSA) is 56.7 Å². The molecule has 17 heavy (non-hydrogen) atoms. The van der Waals surface area contributed by atoms with E-state index < -0.39 is 11.7 Å². The monoisotopic (exact) mass is 242 g/mol. The second-order valence-corrected chi connectivity index (χ2v) is 3.49. The molecule has 0 fully saturated rings. The third-order valence-corrected chi connectivity index (χ3v) is 2.35. The minimum absolute atomic E-state index is 0.0718. The number of nitrogens with zero attached hydrogens (tertiary/aromatic N) is 3. The highest BCUT2D eigenvalue weighted by molar-refractivity contribution is 5.74. The van der Waals surface area contributed by atoms with Crippen molar-refractivity contribution in [3.05, 3.63) is 30.2 Å². The van der Waals surface area contributed by atoms with Crippen LogP contribution in [0.1, 0.15) is 5.56 Å². The maximum Gasteiger partial charge on any atom is 0.417 e. The van der Waals surface area contributed by atoms with Gasteiger partial charge in [0.2, 0.25) is 0 Å². The van der Waals surface area contributed by atoms with Crippen LogP contribution in [0.5, 0.6) is 0 Å². The van der Waals surface area contributed by atoms with E-state index >= 15 is 0 Å². The van der Waals surface area contributed by atoms with Crippen LogP contribution in [0.4, 0.5) is 18.9 Å². The lowest BCUT2D eigenvalue weighted by atomic mass is 10.1. The lowest BCUT2D eigenvalue weighted by molar-refractivity contribution is -0.137. The van der Waals surface area contributed by atoms with E-state index in [-0.39, 0.29) is 16.9 Å². The number of nitrogen functional groups attached to an aromatic ring is 1. The van der Waals surface area contributed by atoms with E-state index in [4.69, 9.17) is 5.73 Å². The summed E-state index contributed by atoms with van der Waals surface area (Å²) in [5.41, 5.74) is 5.16. The second-order valence-electron chi connectivity index (χ2n) is 3.49. The maximum absolute atomic E-state index is 12.8. The summed E-state index contributed by atoms with van der Waals surface area (Å²) in [5, 5.41) is 3.81. The standard InChI is InChI=1S/C10H9F3N4/c1-17-9(8(14)5-16-17)6-4-15-3-2-7(6)10(11,12)13/h2-5H,14H2,1H3. The molecule has 2 N–H and O–H groups in total. The number of rotatable bonds is 1. The van der Waals surface area contributed by atoms with Crippen LogP contribution < -0.4 is 5.73 Å². The molecule has 0 amide bonds. The Kier molecular flexibility index (Phi) is 2.53. The molecule has 0 bridgehead atoms. The number of nitrogens with two attached hydrogens (primary N) is 1. The molecule has 0 aliphatic rings. The summed E-state index contributed by atoms with van der Waals surface area (Å²) < 4.78 is 39.7.